The third-order valence-corrected chi connectivity index (χ3v) is 5.39. The van der Waals surface area contributed by atoms with Crippen LogP contribution < -0.4 is 15.0 Å². The molecule has 2 saturated heterocycles. The molecule has 8 heteroatoms. The van der Waals surface area contributed by atoms with Gasteiger partial charge in [0, 0.05) is 31.8 Å². The quantitative estimate of drug-likeness (QED) is 0.813. The Labute approximate surface area is 163 Å². The average molecular weight is 387 g/mol. The lowest BCUT2D eigenvalue weighted by Crippen LogP contribution is -2.46. The minimum atomic E-state index is -0.300. The van der Waals surface area contributed by atoms with Crippen molar-refractivity contribution in [2.45, 2.75) is 31.8 Å². The number of hydrogen-bond acceptors (Lipinski definition) is 5. The van der Waals surface area contributed by atoms with Gasteiger partial charge in [-0.2, -0.15) is 0 Å². The third kappa shape index (κ3) is 3.96. The smallest absolute Gasteiger partial charge is 0.265 e. The van der Waals surface area contributed by atoms with E-state index >= 15 is 0 Å². The minimum Gasteiger partial charge on any atom is -0.482 e. The van der Waals surface area contributed by atoms with Gasteiger partial charge in [0.15, 0.2) is 6.61 Å². The monoisotopic (exact) mass is 387 g/mol. The molecule has 0 unspecified atom stereocenters. The van der Waals surface area contributed by atoms with E-state index in [1.165, 1.54) is 4.90 Å². The lowest BCUT2D eigenvalue weighted by molar-refractivity contribution is -0.125. The Bertz CT molecular complexity index is 769. The van der Waals surface area contributed by atoms with E-state index in [0.29, 0.717) is 23.5 Å². The van der Waals surface area contributed by atoms with Crippen LogP contribution >= 0.6 is 0 Å². The number of carbonyl (C=O) groups is 3. The number of ether oxygens (including phenoxy) is 2. The fraction of sp³-hybridized carbons (Fsp3) is 0.550. The van der Waals surface area contributed by atoms with Crippen molar-refractivity contribution in [3.8, 4) is 5.75 Å². The van der Waals surface area contributed by atoms with Crippen LogP contribution in [0.4, 0.5) is 5.69 Å². The number of rotatable bonds is 5. The fourth-order valence-electron chi connectivity index (χ4n) is 3.84. The predicted molar refractivity (Wildman–Crippen MR) is 101 cm³/mol. The summed E-state index contributed by atoms with van der Waals surface area (Å²) in [5.41, 5.74) is 0.970. The lowest BCUT2D eigenvalue weighted by atomic mass is 10.1. The molecule has 28 heavy (non-hydrogen) atoms. The summed E-state index contributed by atoms with van der Waals surface area (Å²) in [4.78, 5) is 40.7. The van der Waals surface area contributed by atoms with Crippen molar-refractivity contribution in [3.05, 3.63) is 23.8 Å². The largest absolute Gasteiger partial charge is 0.482 e. The molecule has 0 saturated carbocycles. The first-order chi connectivity index (χ1) is 13.6. The van der Waals surface area contributed by atoms with E-state index in [1.54, 1.807) is 18.2 Å². The molecule has 1 aromatic rings. The van der Waals surface area contributed by atoms with E-state index in [1.807, 2.05) is 4.90 Å². The zero-order valence-electron chi connectivity index (χ0n) is 15.8. The maximum absolute atomic E-state index is 12.7. The molecule has 1 N–H and O–H groups in total. The Balaban J connectivity index is 1.47. The summed E-state index contributed by atoms with van der Waals surface area (Å²) >= 11 is 0. The van der Waals surface area contributed by atoms with Gasteiger partial charge in [-0.3, -0.25) is 19.3 Å². The van der Waals surface area contributed by atoms with E-state index in [9.17, 15) is 14.4 Å². The number of carbonyl (C=O) groups excluding carboxylic acids is 3. The Morgan fingerprint density at radius 3 is 2.75 bits per heavy atom. The van der Waals surface area contributed by atoms with Crippen LogP contribution in [-0.4, -0.2) is 68.1 Å². The second kappa shape index (κ2) is 8.18. The van der Waals surface area contributed by atoms with Gasteiger partial charge < -0.3 is 19.7 Å². The number of benzene rings is 1. The van der Waals surface area contributed by atoms with E-state index in [2.05, 4.69) is 5.32 Å². The third-order valence-electron chi connectivity index (χ3n) is 5.39. The summed E-state index contributed by atoms with van der Waals surface area (Å²) in [6.45, 7) is 2.44. The predicted octanol–water partition coefficient (Wildman–Crippen LogP) is 0.943. The summed E-state index contributed by atoms with van der Waals surface area (Å²) in [6, 6.07) is 5.06. The zero-order valence-corrected chi connectivity index (χ0v) is 15.8. The van der Waals surface area contributed by atoms with Crippen LogP contribution in [-0.2, 0) is 14.3 Å². The van der Waals surface area contributed by atoms with Gasteiger partial charge in [-0.1, -0.05) is 0 Å². The number of amides is 3. The molecular weight excluding hydrogens is 362 g/mol. The van der Waals surface area contributed by atoms with Gasteiger partial charge >= 0.3 is 0 Å². The zero-order chi connectivity index (χ0) is 19.5. The molecule has 1 atom stereocenters. The van der Waals surface area contributed by atoms with E-state index in [0.717, 1.165) is 45.4 Å². The molecule has 0 bridgehead atoms. The number of nitrogens with zero attached hydrogens (tertiary/aromatic N) is 2. The minimum absolute atomic E-state index is 0.0429. The highest BCUT2D eigenvalue weighted by Crippen LogP contribution is 2.33. The summed E-state index contributed by atoms with van der Waals surface area (Å²) < 4.78 is 11.0. The number of fused-ring (bicyclic) bond motifs is 1. The van der Waals surface area contributed by atoms with Gasteiger partial charge in [-0.15, -0.1) is 0 Å². The van der Waals surface area contributed by atoms with Gasteiger partial charge in [0.05, 0.1) is 11.8 Å². The lowest BCUT2D eigenvalue weighted by Gasteiger charge is -2.29. The van der Waals surface area contributed by atoms with E-state index in [-0.39, 0.29) is 37.0 Å². The Morgan fingerprint density at radius 1 is 1.18 bits per heavy atom. The first-order valence-electron chi connectivity index (χ1n) is 9.86. The first kappa shape index (κ1) is 18.7. The van der Waals surface area contributed by atoms with Gasteiger partial charge in [0.25, 0.3) is 11.8 Å². The molecule has 2 fully saturated rings. The van der Waals surface area contributed by atoms with Crippen LogP contribution in [0.25, 0.3) is 0 Å². The number of hydrogen-bond donors (Lipinski definition) is 1. The number of anilines is 1. The van der Waals surface area contributed by atoms with Gasteiger partial charge in [0.2, 0.25) is 5.91 Å². The van der Waals surface area contributed by atoms with Gasteiger partial charge in [0.1, 0.15) is 12.3 Å². The number of nitrogens with one attached hydrogen (secondary N) is 1. The highest BCUT2D eigenvalue weighted by Gasteiger charge is 2.29. The van der Waals surface area contributed by atoms with Crippen molar-refractivity contribution in [2.75, 3.05) is 44.3 Å². The Hall–Kier alpha value is -2.61. The molecule has 0 radical (unpaired) electrons. The van der Waals surface area contributed by atoms with Crippen LogP contribution in [0.15, 0.2) is 18.2 Å². The maximum atomic E-state index is 12.7. The summed E-state index contributed by atoms with van der Waals surface area (Å²) in [7, 11) is 0. The van der Waals surface area contributed by atoms with Gasteiger partial charge in [-0.05, 0) is 43.9 Å². The van der Waals surface area contributed by atoms with Crippen LogP contribution in [0.1, 0.15) is 36.0 Å². The molecule has 0 aliphatic carbocycles. The summed E-state index contributed by atoms with van der Waals surface area (Å²) in [5.74, 6) is -0.107. The van der Waals surface area contributed by atoms with Crippen LogP contribution in [0.5, 0.6) is 5.75 Å². The summed E-state index contributed by atoms with van der Waals surface area (Å²) in [6.07, 6.45) is 4.00. The highest BCUT2D eigenvalue weighted by atomic mass is 16.5. The molecule has 3 amide bonds. The van der Waals surface area contributed by atoms with Gasteiger partial charge in [-0.25, -0.2) is 0 Å². The van der Waals surface area contributed by atoms with Crippen molar-refractivity contribution in [1.29, 1.82) is 0 Å². The Morgan fingerprint density at radius 2 is 2.00 bits per heavy atom. The molecule has 3 aliphatic rings. The second-order valence-corrected chi connectivity index (χ2v) is 7.39. The molecule has 150 valence electrons. The molecule has 1 aromatic carbocycles. The first-order valence-corrected chi connectivity index (χ1v) is 9.86. The molecule has 4 rings (SSSR count). The van der Waals surface area contributed by atoms with Crippen molar-refractivity contribution in [2.24, 2.45) is 0 Å². The van der Waals surface area contributed by atoms with E-state index < -0.39 is 0 Å². The van der Waals surface area contributed by atoms with Crippen molar-refractivity contribution in [1.82, 2.24) is 10.2 Å². The number of likely N-dealkylation sites (tertiary alicyclic amines) is 1. The highest BCUT2D eigenvalue weighted by molar-refractivity contribution is 6.04. The molecule has 0 aromatic heterocycles. The van der Waals surface area contributed by atoms with Crippen molar-refractivity contribution >= 4 is 23.4 Å². The maximum Gasteiger partial charge on any atom is 0.265 e. The Kier molecular flexibility index (Phi) is 5.47. The van der Waals surface area contributed by atoms with E-state index in [4.69, 9.17) is 9.47 Å². The molecule has 3 aliphatic heterocycles. The molecule has 8 nitrogen and oxygen atoms in total. The fourth-order valence-corrected chi connectivity index (χ4v) is 3.84. The van der Waals surface area contributed by atoms with Crippen LogP contribution in [0.3, 0.4) is 0 Å². The topological polar surface area (TPSA) is 88.2 Å². The molecule has 3 heterocycles. The van der Waals surface area contributed by atoms with Crippen molar-refractivity contribution in [3.63, 3.8) is 0 Å². The average Bonchev–Trinajstić information content (AvgIpc) is 3.42. The second-order valence-electron chi connectivity index (χ2n) is 7.39. The van der Waals surface area contributed by atoms with Crippen LogP contribution in [0.2, 0.25) is 0 Å². The SMILES string of the molecule is O=C(CN1C(=O)COc2ccc(C(=O)N3CCCC3)cc21)NC[C@H]1CCCO1. The summed E-state index contributed by atoms with van der Waals surface area (Å²) in [5, 5.41) is 2.83. The normalized spacial score (nSPS) is 21.4. The van der Waals surface area contributed by atoms with Crippen molar-refractivity contribution < 1.29 is 23.9 Å². The molecule has 0 spiro atoms. The van der Waals surface area contributed by atoms with Crippen LogP contribution in [0, 0.1) is 0 Å². The standard InChI is InChI=1S/C20H25N3O5/c24-18(21-11-15-4-3-9-27-15)12-23-16-10-14(20(26)22-7-1-2-8-22)5-6-17(16)28-13-19(23)25/h5-6,10,15H,1-4,7-9,11-13H2,(H,21,24)/t15-/m1/s1. The molecular formula is C20H25N3O5.